The number of fused-ring (bicyclic) bond motifs is 5. The Morgan fingerprint density at radius 1 is 1.00 bits per heavy atom. The van der Waals surface area contributed by atoms with E-state index in [0.29, 0.717) is 11.6 Å². The Kier molecular flexibility index (Phi) is 3.14. The predicted octanol–water partition coefficient (Wildman–Crippen LogP) is 5.33. The van der Waals surface area contributed by atoms with Crippen LogP contribution in [-0.2, 0) is 6.42 Å². The zero-order valence-electron chi connectivity index (χ0n) is 13.5. The Labute approximate surface area is 133 Å². The van der Waals surface area contributed by atoms with Gasteiger partial charge in [0.1, 0.15) is 6.17 Å². The van der Waals surface area contributed by atoms with E-state index in [4.69, 9.17) is 0 Å². The van der Waals surface area contributed by atoms with Gasteiger partial charge in [0.2, 0.25) is 0 Å². The van der Waals surface area contributed by atoms with E-state index in [0.717, 1.165) is 0 Å². The van der Waals surface area contributed by atoms with Crippen LogP contribution >= 0.6 is 0 Å². The summed E-state index contributed by atoms with van der Waals surface area (Å²) in [6.07, 6.45) is 5.20. The molecule has 0 radical (unpaired) electrons. The summed E-state index contributed by atoms with van der Waals surface area (Å²) in [7, 11) is 0. The predicted molar refractivity (Wildman–Crippen MR) is 93.8 cm³/mol. The van der Waals surface area contributed by atoms with Gasteiger partial charge in [-0.1, -0.05) is 44.2 Å². The first kappa shape index (κ1) is 13.7. The standard InChI is InChI=1S/C20H24N2/c1-3-20(4-2)14-13-15-9-5-7-11-17(15)22-18-12-8-6-10-16(18)21-19(20)22/h5-12,19,21H,3-4,13-14H2,1-2H3. The fourth-order valence-corrected chi connectivity index (χ4v) is 4.32. The third kappa shape index (κ3) is 1.79. The van der Waals surface area contributed by atoms with Crippen molar-refractivity contribution in [2.45, 2.75) is 45.7 Å². The van der Waals surface area contributed by atoms with Gasteiger partial charge in [0.25, 0.3) is 0 Å². The molecule has 0 fully saturated rings. The number of hydrogen-bond acceptors (Lipinski definition) is 2. The minimum atomic E-state index is 0.318. The average Bonchev–Trinajstić information content (AvgIpc) is 2.90. The van der Waals surface area contributed by atoms with E-state index in [-0.39, 0.29) is 0 Å². The molecule has 0 aliphatic carbocycles. The fraction of sp³-hybridized carbons (Fsp3) is 0.400. The van der Waals surface area contributed by atoms with Crippen LogP contribution in [0.2, 0.25) is 0 Å². The lowest BCUT2D eigenvalue weighted by Crippen LogP contribution is -2.46. The minimum absolute atomic E-state index is 0.318. The van der Waals surface area contributed by atoms with Crippen LogP contribution < -0.4 is 10.2 Å². The van der Waals surface area contributed by atoms with Crippen LogP contribution in [0.4, 0.5) is 17.1 Å². The van der Waals surface area contributed by atoms with Gasteiger partial charge >= 0.3 is 0 Å². The minimum Gasteiger partial charge on any atom is -0.363 e. The Hall–Kier alpha value is -1.96. The summed E-state index contributed by atoms with van der Waals surface area (Å²) in [5.41, 5.74) is 5.78. The highest BCUT2D eigenvalue weighted by molar-refractivity contribution is 5.84. The number of hydrogen-bond donors (Lipinski definition) is 1. The van der Waals surface area contributed by atoms with Crippen LogP contribution in [0, 0.1) is 5.41 Å². The number of aryl methyl sites for hydroxylation is 1. The van der Waals surface area contributed by atoms with Gasteiger partial charge in [0, 0.05) is 11.1 Å². The summed E-state index contributed by atoms with van der Waals surface area (Å²) in [6.45, 7) is 4.70. The number of nitrogens with one attached hydrogen (secondary N) is 1. The molecule has 1 atom stereocenters. The third-order valence-electron chi connectivity index (χ3n) is 5.85. The molecule has 0 amide bonds. The molecule has 2 nitrogen and oxygen atoms in total. The van der Waals surface area contributed by atoms with Crippen LogP contribution in [0.5, 0.6) is 0 Å². The molecule has 2 aliphatic heterocycles. The van der Waals surface area contributed by atoms with Crippen molar-refractivity contribution in [2.75, 3.05) is 10.2 Å². The van der Waals surface area contributed by atoms with Crippen molar-refractivity contribution >= 4 is 17.1 Å². The molecule has 4 rings (SSSR count). The zero-order chi connectivity index (χ0) is 15.2. The van der Waals surface area contributed by atoms with Crippen LogP contribution in [0.1, 0.15) is 38.7 Å². The Morgan fingerprint density at radius 2 is 1.68 bits per heavy atom. The first-order valence-electron chi connectivity index (χ1n) is 8.52. The van der Waals surface area contributed by atoms with E-state index in [1.54, 1.807) is 0 Å². The maximum atomic E-state index is 3.84. The van der Waals surface area contributed by atoms with Gasteiger partial charge in [0.15, 0.2) is 0 Å². The molecule has 1 N–H and O–H groups in total. The van der Waals surface area contributed by atoms with E-state index in [9.17, 15) is 0 Å². The summed E-state index contributed by atoms with van der Waals surface area (Å²) in [5, 5.41) is 3.84. The van der Waals surface area contributed by atoms with Gasteiger partial charge in [-0.25, -0.2) is 0 Å². The van der Waals surface area contributed by atoms with E-state index >= 15 is 0 Å². The van der Waals surface area contributed by atoms with Crippen molar-refractivity contribution in [3.05, 3.63) is 54.1 Å². The second kappa shape index (κ2) is 5.05. The van der Waals surface area contributed by atoms with E-state index < -0.39 is 0 Å². The molecule has 2 aromatic carbocycles. The highest BCUT2D eigenvalue weighted by Crippen LogP contribution is 2.52. The largest absolute Gasteiger partial charge is 0.363 e. The molecular formula is C20H24N2. The Morgan fingerprint density at radius 3 is 2.45 bits per heavy atom. The van der Waals surface area contributed by atoms with E-state index in [1.165, 1.54) is 48.3 Å². The second-order valence-electron chi connectivity index (χ2n) is 6.63. The van der Waals surface area contributed by atoms with Crippen LogP contribution in [0.15, 0.2) is 48.5 Å². The molecule has 0 saturated carbocycles. The van der Waals surface area contributed by atoms with E-state index in [1.807, 2.05) is 0 Å². The van der Waals surface area contributed by atoms with Crippen molar-refractivity contribution in [2.24, 2.45) is 5.41 Å². The maximum Gasteiger partial charge on any atom is 0.110 e. The maximum absolute atomic E-state index is 3.84. The molecular weight excluding hydrogens is 268 g/mol. The SMILES string of the molecule is CCC1(CC)CCc2ccccc2N2c3ccccc3NC21. The summed E-state index contributed by atoms with van der Waals surface area (Å²) < 4.78 is 0. The molecule has 0 spiro atoms. The zero-order valence-corrected chi connectivity index (χ0v) is 13.5. The first-order valence-corrected chi connectivity index (χ1v) is 8.52. The summed E-state index contributed by atoms with van der Waals surface area (Å²) >= 11 is 0. The summed E-state index contributed by atoms with van der Waals surface area (Å²) in [5.74, 6) is 0. The lowest BCUT2D eigenvalue weighted by atomic mass is 9.75. The molecule has 0 bridgehead atoms. The van der Waals surface area contributed by atoms with Crippen LogP contribution in [0.3, 0.4) is 0 Å². The molecule has 1 unspecified atom stereocenters. The molecule has 22 heavy (non-hydrogen) atoms. The van der Waals surface area contributed by atoms with Gasteiger partial charge in [-0.15, -0.1) is 0 Å². The first-order chi connectivity index (χ1) is 10.8. The summed E-state index contributed by atoms with van der Waals surface area (Å²) in [6, 6.07) is 17.7. The van der Waals surface area contributed by atoms with Crippen molar-refractivity contribution in [1.82, 2.24) is 0 Å². The molecule has 2 aromatic rings. The highest BCUT2D eigenvalue weighted by atomic mass is 15.3. The van der Waals surface area contributed by atoms with Crippen molar-refractivity contribution in [3.63, 3.8) is 0 Å². The summed E-state index contributed by atoms with van der Waals surface area (Å²) in [4.78, 5) is 2.56. The molecule has 2 heteroatoms. The number of rotatable bonds is 2. The monoisotopic (exact) mass is 292 g/mol. The Bertz CT molecular complexity index is 688. The van der Waals surface area contributed by atoms with Crippen LogP contribution in [0.25, 0.3) is 0 Å². The molecule has 2 aliphatic rings. The van der Waals surface area contributed by atoms with E-state index in [2.05, 4.69) is 72.6 Å². The topological polar surface area (TPSA) is 15.3 Å². The lowest BCUT2D eigenvalue weighted by molar-refractivity contribution is 0.208. The molecule has 0 aromatic heterocycles. The van der Waals surface area contributed by atoms with Crippen molar-refractivity contribution < 1.29 is 0 Å². The van der Waals surface area contributed by atoms with Crippen molar-refractivity contribution in [3.8, 4) is 0 Å². The van der Waals surface area contributed by atoms with Gasteiger partial charge < -0.3 is 10.2 Å². The van der Waals surface area contributed by atoms with Crippen molar-refractivity contribution in [1.29, 1.82) is 0 Å². The molecule has 114 valence electrons. The Balaban J connectivity index is 1.93. The number of nitrogens with zero attached hydrogens (tertiary/aromatic N) is 1. The third-order valence-corrected chi connectivity index (χ3v) is 5.85. The smallest absolute Gasteiger partial charge is 0.110 e. The molecule has 0 saturated heterocycles. The normalized spacial score (nSPS) is 21.4. The average molecular weight is 292 g/mol. The quantitative estimate of drug-likeness (QED) is 0.805. The van der Waals surface area contributed by atoms with Gasteiger partial charge in [-0.05, 0) is 49.4 Å². The van der Waals surface area contributed by atoms with Gasteiger partial charge in [-0.2, -0.15) is 0 Å². The second-order valence-corrected chi connectivity index (χ2v) is 6.63. The molecule has 2 heterocycles. The fourth-order valence-electron chi connectivity index (χ4n) is 4.32. The van der Waals surface area contributed by atoms with Gasteiger partial charge in [0.05, 0.1) is 11.4 Å². The van der Waals surface area contributed by atoms with Crippen LogP contribution in [-0.4, -0.2) is 6.17 Å². The number of para-hydroxylation sites is 3. The highest BCUT2D eigenvalue weighted by Gasteiger charge is 2.46. The number of benzene rings is 2. The lowest BCUT2D eigenvalue weighted by Gasteiger charge is -2.41. The van der Waals surface area contributed by atoms with Gasteiger partial charge in [-0.3, -0.25) is 0 Å². The number of anilines is 3.